The molecule has 1 N–H and O–H groups in total. The third kappa shape index (κ3) is 1.51. The normalized spacial score (nSPS) is 21.2. The quantitative estimate of drug-likeness (QED) is 0.854. The van der Waals surface area contributed by atoms with E-state index in [1.165, 1.54) is 18.3 Å². The fourth-order valence-corrected chi connectivity index (χ4v) is 2.69. The molecule has 0 spiro atoms. The summed E-state index contributed by atoms with van der Waals surface area (Å²) in [4.78, 5) is 22.7. The number of carbonyl (C=O) groups is 1. The van der Waals surface area contributed by atoms with Crippen LogP contribution in [0.15, 0.2) is 23.1 Å². The van der Waals surface area contributed by atoms with Gasteiger partial charge < -0.3 is 9.67 Å². The first-order valence-corrected chi connectivity index (χ1v) is 5.65. The second kappa shape index (κ2) is 3.22. The predicted octanol–water partition coefficient (Wildman–Crippen LogP) is 2.15. The van der Waals surface area contributed by atoms with E-state index in [0.717, 1.165) is 0 Å². The van der Waals surface area contributed by atoms with Gasteiger partial charge in [0, 0.05) is 18.3 Å². The first-order chi connectivity index (χ1) is 7.69. The Morgan fingerprint density at radius 3 is 2.18 bits per heavy atom. The van der Waals surface area contributed by atoms with Gasteiger partial charge in [0.15, 0.2) is 0 Å². The van der Waals surface area contributed by atoms with Crippen LogP contribution < -0.4 is 5.56 Å². The molecule has 0 radical (unpaired) electrons. The Labute approximate surface area is 99.9 Å². The van der Waals surface area contributed by atoms with E-state index in [9.17, 15) is 9.59 Å². The van der Waals surface area contributed by atoms with Crippen molar-refractivity contribution in [2.45, 2.75) is 33.7 Å². The van der Waals surface area contributed by atoms with E-state index in [4.69, 9.17) is 5.11 Å². The maximum absolute atomic E-state index is 11.8. The minimum Gasteiger partial charge on any atom is -0.478 e. The summed E-state index contributed by atoms with van der Waals surface area (Å²) in [6.07, 6.45) is 1.45. The maximum Gasteiger partial charge on any atom is 0.337 e. The summed E-state index contributed by atoms with van der Waals surface area (Å²) in [5, 5.41) is 8.95. The van der Waals surface area contributed by atoms with Gasteiger partial charge in [0.05, 0.1) is 5.56 Å². The smallest absolute Gasteiger partial charge is 0.337 e. The Morgan fingerprint density at radius 2 is 1.76 bits per heavy atom. The van der Waals surface area contributed by atoms with Crippen LogP contribution in [0.2, 0.25) is 0 Å². The lowest BCUT2D eigenvalue weighted by Gasteiger charge is -2.08. The maximum atomic E-state index is 11.8. The summed E-state index contributed by atoms with van der Waals surface area (Å²) >= 11 is 0. The molecule has 0 atom stereocenters. The fourth-order valence-electron chi connectivity index (χ4n) is 2.69. The monoisotopic (exact) mass is 235 g/mol. The van der Waals surface area contributed by atoms with Crippen molar-refractivity contribution in [3.63, 3.8) is 0 Å². The molecule has 0 unspecified atom stereocenters. The van der Waals surface area contributed by atoms with E-state index >= 15 is 0 Å². The second-order valence-electron chi connectivity index (χ2n) is 5.81. The number of carboxylic acids is 1. The Kier molecular flexibility index (Phi) is 2.25. The van der Waals surface area contributed by atoms with Crippen LogP contribution in [-0.4, -0.2) is 15.6 Å². The number of hydrogen-bond donors (Lipinski definition) is 1. The summed E-state index contributed by atoms with van der Waals surface area (Å²) in [6.45, 7) is 8.38. The Bertz CT molecular complexity index is 526. The number of pyridine rings is 1. The van der Waals surface area contributed by atoms with Crippen molar-refractivity contribution < 1.29 is 9.90 Å². The summed E-state index contributed by atoms with van der Waals surface area (Å²) in [7, 11) is 0. The molecule has 1 aliphatic carbocycles. The fraction of sp³-hybridized carbons (Fsp3) is 0.538. The van der Waals surface area contributed by atoms with Crippen molar-refractivity contribution in [3.05, 3.63) is 34.2 Å². The number of carboxylic acid groups (broad SMARTS) is 1. The van der Waals surface area contributed by atoms with Gasteiger partial charge in [-0.1, -0.05) is 27.7 Å². The van der Waals surface area contributed by atoms with Gasteiger partial charge in [0.1, 0.15) is 0 Å². The lowest BCUT2D eigenvalue weighted by molar-refractivity contribution is 0.0695. The second-order valence-corrected chi connectivity index (χ2v) is 5.81. The van der Waals surface area contributed by atoms with Crippen LogP contribution in [-0.2, 0) is 0 Å². The lowest BCUT2D eigenvalue weighted by atomic mass is 10.0. The number of nitrogens with zero attached hydrogens (tertiary/aromatic N) is 1. The molecule has 0 amide bonds. The van der Waals surface area contributed by atoms with Crippen LogP contribution in [0.4, 0.5) is 0 Å². The molecule has 1 fully saturated rings. The van der Waals surface area contributed by atoms with E-state index in [1.54, 1.807) is 4.57 Å². The van der Waals surface area contributed by atoms with Crippen LogP contribution in [0.5, 0.6) is 0 Å². The van der Waals surface area contributed by atoms with Crippen LogP contribution in [0, 0.1) is 10.8 Å². The van der Waals surface area contributed by atoms with Crippen molar-refractivity contribution in [1.29, 1.82) is 0 Å². The summed E-state index contributed by atoms with van der Waals surface area (Å²) in [6, 6.07) is 2.74. The molecule has 4 heteroatoms. The molecule has 92 valence electrons. The zero-order chi connectivity index (χ0) is 13.0. The van der Waals surface area contributed by atoms with Crippen LogP contribution in [0.1, 0.15) is 44.1 Å². The van der Waals surface area contributed by atoms with Crippen LogP contribution in [0.25, 0.3) is 0 Å². The molecule has 1 heterocycles. The van der Waals surface area contributed by atoms with Crippen molar-refractivity contribution in [2.75, 3.05) is 0 Å². The van der Waals surface area contributed by atoms with Gasteiger partial charge in [-0.3, -0.25) is 4.79 Å². The third-order valence-electron chi connectivity index (χ3n) is 4.41. The van der Waals surface area contributed by atoms with Gasteiger partial charge in [-0.05, 0) is 16.9 Å². The number of aromatic carboxylic acids is 1. The van der Waals surface area contributed by atoms with Crippen molar-refractivity contribution in [1.82, 2.24) is 4.57 Å². The number of aromatic nitrogens is 1. The van der Waals surface area contributed by atoms with Gasteiger partial charge in [0.2, 0.25) is 0 Å². The molecule has 1 aromatic rings. The van der Waals surface area contributed by atoms with Crippen LogP contribution >= 0.6 is 0 Å². The van der Waals surface area contributed by atoms with Gasteiger partial charge in [-0.2, -0.15) is 0 Å². The molecule has 0 saturated heterocycles. The highest BCUT2D eigenvalue weighted by molar-refractivity contribution is 5.87. The Morgan fingerprint density at radius 1 is 1.24 bits per heavy atom. The van der Waals surface area contributed by atoms with Gasteiger partial charge in [0.25, 0.3) is 5.56 Å². The molecule has 0 aromatic carbocycles. The molecule has 0 bridgehead atoms. The zero-order valence-electron chi connectivity index (χ0n) is 10.5. The highest BCUT2D eigenvalue weighted by atomic mass is 16.4. The Balaban J connectivity index is 2.52. The van der Waals surface area contributed by atoms with Crippen molar-refractivity contribution in [2.24, 2.45) is 10.8 Å². The van der Waals surface area contributed by atoms with E-state index in [1.807, 2.05) is 0 Å². The topological polar surface area (TPSA) is 59.3 Å². The van der Waals surface area contributed by atoms with Crippen molar-refractivity contribution >= 4 is 5.97 Å². The average molecular weight is 235 g/mol. The molecule has 4 nitrogen and oxygen atoms in total. The predicted molar refractivity (Wildman–Crippen MR) is 64.3 cm³/mol. The third-order valence-corrected chi connectivity index (χ3v) is 4.41. The first-order valence-electron chi connectivity index (χ1n) is 5.65. The van der Waals surface area contributed by atoms with E-state index < -0.39 is 5.97 Å². The highest BCUT2D eigenvalue weighted by Gasteiger charge is 2.66. The molecule has 1 aliphatic rings. The lowest BCUT2D eigenvalue weighted by Crippen LogP contribution is -2.21. The number of hydrogen-bond acceptors (Lipinski definition) is 2. The van der Waals surface area contributed by atoms with Crippen molar-refractivity contribution in [3.8, 4) is 0 Å². The largest absolute Gasteiger partial charge is 0.478 e. The standard InChI is InChI=1S/C13H17NO3/c1-12(2)11(13(12,3)4)14-7-8(10(16)17)5-6-9(14)15/h5-7,11H,1-4H3,(H,16,17). The molecule has 17 heavy (non-hydrogen) atoms. The van der Waals surface area contributed by atoms with Gasteiger partial charge >= 0.3 is 5.97 Å². The van der Waals surface area contributed by atoms with Crippen LogP contribution in [0.3, 0.4) is 0 Å². The van der Waals surface area contributed by atoms with E-state index in [0.29, 0.717) is 0 Å². The molecular weight excluding hydrogens is 218 g/mol. The van der Waals surface area contributed by atoms with E-state index in [2.05, 4.69) is 27.7 Å². The highest BCUT2D eigenvalue weighted by Crippen LogP contribution is 2.70. The first kappa shape index (κ1) is 11.9. The molecular formula is C13H17NO3. The molecule has 2 rings (SSSR count). The summed E-state index contributed by atoms with van der Waals surface area (Å²) in [5.41, 5.74) is 0.0313. The minimum absolute atomic E-state index is 0.00789. The summed E-state index contributed by atoms with van der Waals surface area (Å²) in [5.74, 6) is -1.00. The zero-order valence-corrected chi connectivity index (χ0v) is 10.5. The summed E-state index contributed by atoms with van der Waals surface area (Å²) < 4.78 is 1.56. The van der Waals surface area contributed by atoms with Gasteiger partial charge in [-0.15, -0.1) is 0 Å². The Hall–Kier alpha value is -1.58. The number of rotatable bonds is 2. The molecule has 1 aromatic heterocycles. The minimum atomic E-state index is -1.00. The SMILES string of the molecule is CC1(C)C(n2cc(C(=O)O)ccc2=O)C1(C)C. The molecule has 1 saturated carbocycles. The van der Waals surface area contributed by atoms with E-state index in [-0.39, 0.29) is 28.0 Å². The van der Waals surface area contributed by atoms with Gasteiger partial charge in [-0.25, -0.2) is 4.79 Å². The average Bonchev–Trinajstić information content (AvgIpc) is 2.59. The molecule has 0 aliphatic heterocycles.